The van der Waals surface area contributed by atoms with Crippen molar-refractivity contribution >= 4 is 29.6 Å². The Bertz CT molecular complexity index is 732. The first-order chi connectivity index (χ1) is 11.1. The number of carbonyl (C=O) groups is 2. The number of nitrogens with one attached hydrogen (secondary N) is 2. The lowest BCUT2D eigenvalue weighted by Gasteiger charge is -2.09. The minimum atomic E-state index is -0.836. The Balaban J connectivity index is 2.27. The quantitative estimate of drug-likeness (QED) is 0.443. The van der Waals surface area contributed by atoms with Gasteiger partial charge in [-0.2, -0.15) is 0 Å². The highest BCUT2D eigenvalue weighted by atomic mass is 35.5. The van der Waals surface area contributed by atoms with Gasteiger partial charge in [0, 0.05) is 10.6 Å². The molecule has 6 nitrogen and oxygen atoms in total. The van der Waals surface area contributed by atoms with Gasteiger partial charge in [-0.05, 0) is 35.9 Å². The minimum Gasteiger partial charge on any atom is -0.350 e. The topological polar surface area (TPSA) is 93.4 Å². The van der Waals surface area contributed by atoms with Crippen LogP contribution < -0.4 is 16.7 Å². The largest absolute Gasteiger partial charge is 0.374 e. The average molecular weight is 332 g/mol. The fraction of sp³-hybridized carbons (Fsp3) is 0. The van der Waals surface area contributed by atoms with E-state index in [-0.39, 0.29) is 5.70 Å². The molecule has 2 aromatic carbocycles. The first-order valence-electron chi connectivity index (χ1n) is 6.60. The Morgan fingerprint density at radius 3 is 2.48 bits per heavy atom. The Morgan fingerprint density at radius 2 is 1.83 bits per heavy atom. The van der Waals surface area contributed by atoms with Gasteiger partial charge in [0.05, 0.1) is 0 Å². The molecule has 23 heavy (non-hydrogen) atoms. The molecule has 0 fully saturated rings. The fourth-order valence-electron chi connectivity index (χ4n) is 1.80. The lowest BCUT2D eigenvalue weighted by molar-refractivity contribution is -0.146. The highest BCUT2D eigenvalue weighted by Crippen LogP contribution is 2.14. The molecular formula is C16H14ClN3O3. The van der Waals surface area contributed by atoms with Crippen LogP contribution in [-0.2, 0) is 9.63 Å². The third kappa shape index (κ3) is 4.93. The summed E-state index contributed by atoms with van der Waals surface area (Å²) in [7, 11) is 0. The van der Waals surface area contributed by atoms with Crippen LogP contribution in [0.4, 0.5) is 0 Å². The zero-order valence-corrected chi connectivity index (χ0v) is 12.7. The van der Waals surface area contributed by atoms with Gasteiger partial charge in [-0.25, -0.2) is 10.6 Å². The molecule has 0 atom stereocenters. The van der Waals surface area contributed by atoms with Crippen molar-refractivity contribution in [1.82, 2.24) is 10.9 Å². The van der Waals surface area contributed by atoms with Crippen molar-refractivity contribution in [1.29, 1.82) is 0 Å². The van der Waals surface area contributed by atoms with E-state index in [9.17, 15) is 9.59 Å². The van der Waals surface area contributed by atoms with Crippen molar-refractivity contribution in [2.24, 2.45) is 5.84 Å². The molecule has 0 aliphatic heterocycles. The Morgan fingerprint density at radius 1 is 1.09 bits per heavy atom. The minimum absolute atomic E-state index is 0.0842. The number of rotatable bonds is 5. The molecule has 0 aliphatic carbocycles. The molecule has 0 saturated heterocycles. The first-order valence-corrected chi connectivity index (χ1v) is 6.98. The SMILES string of the molecule is NNOC(=O)C(=Cc1cccc(Cl)c1)NC(=O)c1ccccc1. The molecule has 0 saturated carbocycles. The molecule has 0 spiro atoms. The third-order valence-corrected chi connectivity index (χ3v) is 3.05. The molecule has 2 rings (SSSR count). The maximum absolute atomic E-state index is 12.2. The normalized spacial score (nSPS) is 11.0. The van der Waals surface area contributed by atoms with Crippen molar-refractivity contribution in [2.75, 3.05) is 0 Å². The predicted octanol–water partition coefficient (Wildman–Crippen LogP) is 2.03. The van der Waals surface area contributed by atoms with E-state index in [2.05, 4.69) is 10.2 Å². The number of hydrazine groups is 1. The summed E-state index contributed by atoms with van der Waals surface area (Å²) in [6.45, 7) is 0. The zero-order valence-electron chi connectivity index (χ0n) is 12.0. The summed E-state index contributed by atoms with van der Waals surface area (Å²) in [5.74, 6) is 3.69. The van der Waals surface area contributed by atoms with Gasteiger partial charge in [0.2, 0.25) is 0 Å². The zero-order chi connectivity index (χ0) is 16.7. The Kier molecular flexibility index (Phi) is 5.87. The van der Waals surface area contributed by atoms with Crippen LogP contribution in [0.15, 0.2) is 60.3 Å². The van der Waals surface area contributed by atoms with Crippen LogP contribution in [-0.4, -0.2) is 11.9 Å². The van der Waals surface area contributed by atoms with Gasteiger partial charge in [-0.1, -0.05) is 47.5 Å². The number of nitrogens with two attached hydrogens (primary N) is 1. The van der Waals surface area contributed by atoms with E-state index in [1.807, 2.05) is 0 Å². The van der Waals surface area contributed by atoms with Crippen LogP contribution in [0.5, 0.6) is 0 Å². The number of carbonyl (C=O) groups excluding carboxylic acids is 2. The van der Waals surface area contributed by atoms with Crippen LogP contribution in [0, 0.1) is 0 Å². The second kappa shape index (κ2) is 8.09. The summed E-state index contributed by atoms with van der Waals surface area (Å²) >= 11 is 5.91. The van der Waals surface area contributed by atoms with Crippen molar-refractivity contribution in [3.05, 3.63) is 76.4 Å². The summed E-state index contributed by atoms with van der Waals surface area (Å²) in [6, 6.07) is 15.2. The smallest absolute Gasteiger partial charge is 0.350 e. The molecule has 0 aliphatic rings. The molecule has 0 bridgehead atoms. The molecule has 2 aromatic rings. The van der Waals surface area contributed by atoms with Crippen LogP contribution in [0.3, 0.4) is 0 Å². The van der Waals surface area contributed by atoms with E-state index in [1.54, 1.807) is 60.2 Å². The standard InChI is InChI=1S/C16H14ClN3O3/c17-13-8-4-5-11(9-13)10-14(16(22)23-20-18)19-15(21)12-6-2-1-3-7-12/h1-10,20H,18H2,(H,19,21). The molecule has 7 heteroatoms. The van der Waals surface area contributed by atoms with E-state index in [4.69, 9.17) is 17.4 Å². The van der Waals surface area contributed by atoms with Crippen LogP contribution >= 0.6 is 11.6 Å². The fourth-order valence-corrected chi connectivity index (χ4v) is 2.00. The van der Waals surface area contributed by atoms with E-state index in [0.29, 0.717) is 16.1 Å². The predicted molar refractivity (Wildman–Crippen MR) is 86.8 cm³/mol. The molecule has 0 aromatic heterocycles. The molecule has 1 amide bonds. The van der Waals surface area contributed by atoms with E-state index in [1.165, 1.54) is 6.08 Å². The van der Waals surface area contributed by atoms with Gasteiger partial charge >= 0.3 is 5.97 Å². The molecule has 0 heterocycles. The third-order valence-electron chi connectivity index (χ3n) is 2.82. The van der Waals surface area contributed by atoms with Crippen molar-refractivity contribution < 1.29 is 14.4 Å². The van der Waals surface area contributed by atoms with E-state index >= 15 is 0 Å². The number of benzene rings is 2. The summed E-state index contributed by atoms with van der Waals surface area (Å²) in [6.07, 6.45) is 1.44. The van der Waals surface area contributed by atoms with Gasteiger partial charge in [0.25, 0.3) is 5.91 Å². The molecule has 4 N–H and O–H groups in total. The first kappa shape index (κ1) is 16.7. The molecular weight excluding hydrogens is 318 g/mol. The highest BCUT2D eigenvalue weighted by molar-refractivity contribution is 6.30. The van der Waals surface area contributed by atoms with Gasteiger partial charge in [0.15, 0.2) is 0 Å². The van der Waals surface area contributed by atoms with Gasteiger partial charge in [-0.15, -0.1) is 0 Å². The number of halogens is 1. The Labute approximate surface area is 137 Å². The number of amides is 1. The van der Waals surface area contributed by atoms with Crippen LogP contribution in [0.2, 0.25) is 5.02 Å². The molecule has 0 radical (unpaired) electrons. The second-order valence-electron chi connectivity index (χ2n) is 4.44. The highest BCUT2D eigenvalue weighted by Gasteiger charge is 2.16. The monoisotopic (exact) mass is 331 g/mol. The number of hydrogen-bond acceptors (Lipinski definition) is 5. The van der Waals surface area contributed by atoms with Crippen LogP contribution in [0.25, 0.3) is 6.08 Å². The van der Waals surface area contributed by atoms with Gasteiger partial charge in [-0.3, -0.25) is 4.79 Å². The summed E-state index contributed by atoms with van der Waals surface area (Å²) in [5, 5.41) is 2.99. The second-order valence-corrected chi connectivity index (χ2v) is 4.88. The summed E-state index contributed by atoms with van der Waals surface area (Å²) in [4.78, 5) is 28.6. The molecule has 118 valence electrons. The lowest BCUT2D eigenvalue weighted by atomic mass is 10.1. The molecule has 0 unspecified atom stereocenters. The van der Waals surface area contributed by atoms with Crippen molar-refractivity contribution in [3.63, 3.8) is 0 Å². The summed E-state index contributed by atoms with van der Waals surface area (Å²) in [5.41, 5.74) is 2.73. The number of hydrogen-bond donors (Lipinski definition) is 3. The lowest BCUT2D eigenvalue weighted by Crippen LogP contribution is -2.33. The maximum Gasteiger partial charge on any atom is 0.374 e. The van der Waals surface area contributed by atoms with Crippen molar-refractivity contribution in [3.8, 4) is 0 Å². The van der Waals surface area contributed by atoms with Crippen molar-refractivity contribution in [2.45, 2.75) is 0 Å². The van der Waals surface area contributed by atoms with Gasteiger partial charge in [0.1, 0.15) is 5.70 Å². The Hall–Kier alpha value is -2.67. The van der Waals surface area contributed by atoms with Gasteiger partial charge < -0.3 is 10.2 Å². The average Bonchev–Trinajstić information content (AvgIpc) is 2.55. The summed E-state index contributed by atoms with van der Waals surface area (Å²) < 4.78 is 0. The van der Waals surface area contributed by atoms with Crippen LogP contribution in [0.1, 0.15) is 15.9 Å². The van der Waals surface area contributed by atoms with E-state index < -0.39 is 11.9 Å². The maximum atomic E-state index is 12.2. The van der Waals surface area contributed by atoms with E-state index in [0.717, 1.165) is 0 Å².